The number of hydrogen-bond acceptors (Lipinski definition) is 3. The molecule has 98 valence electrons. The maximum atomic E-state index is 11.7. The van der Waals surface area contributed by atoms with Gasteiger partial charge in [-0.15, -0.1) is 6.58 Å². The third-order valence-corrected chi connectivity index (χ3v) is 3.87. The molecule has 0 aromatic heterocycles. The van der Waals surface area contributed by atoms with Crippen molar-refractivity contribution in [2.24, 2.45) is 0 Å². The molecule has 0 radical (unpaired) electrons. The molecule has 0 spiro atoms. The van der Waals surface area contributed by atoms with Gasteiger partial charge in [-0.05, 0) is 12.5 Å². The lowest BCUT2D eigenvalue weighted by Gasteiger charge is -2.26. The van der Waals surface area contributed by atoms with Gasteiger partial charge >= 0.3 is 5.97 Å². The van der Waals surface area contributed by atoms with Crippen LogP contribution in [0.15, 0.2) is 43.0 Å². The monoisotopic (exact) mass is 269 g/mol. The Morgan fingerprint density at radius 3 is 2.44 bits per heavy atom. The molecule has 0 amide bonds. The molecule has 1 unspecified atom stereocenters. The normalized spacial score (nSPS) is 14.7. The fraction of sp³-hybridized carbons (Fsp3) is 0.250. The van der Waals surface area contributed by atoms with Gasteiger partial charge < -0.3 is 5.11 Å². The molecule has 6 heteroatoms. The molecule has 0 saturated heterocycles. The van der Waals surface area contributed by atoms with Crippen LogP contribution in [0.5, 0.6) is 0 Å². The van der Waals surface area contributed by atoms with Gasteiger partial charge in [0.2, 0.25) is 10.0 Å². The summed E-state index contributed by atoms with van der Waals surface area (Å²) in [6.07, 6.45) is 1.20. The van der Waals surface area contributed by atoms with Gasteiger partial charge in [0.15, 0.2) is 5.54 Å². The average Bonchev–Trinajstić information content (AvgIpc) is 2.29. The summed E-state index contributed by atoms with van der Waals surface area (Å²) in [6.45, 7) is 4.64. The van der Waals surface area contributed by atoms with Gasteiger partial charge in [0, 0.05) is 0 Å². The lowest BCUT2D eigenvalue weighted by atomic mass is 9.94. The van der Waals surface area contributed by atoms with Gasteiger partial charge in [-0.3, -0.25) is 0 Å². The number of sulfonamides is 1. The van der Waals surface area contributed by atoms with Crippen molar-refractivity contribution in [3.63, 3.8) is 0 Å². The highest BCUT2D eigenvalue weighted by Gasteiger charge is 2.38. The van der Waals surface area contributed by atoms with E-state index >= 15 is 0 Å². The summed E-state index contributed by atoms with van der Waals surface area (Å²) in [6, 6.07) is 8.15. The molecule has 18 heavy (non-hydrogen) atoms. The third kappa shape index (κ3) is 3.18. The molecule has 0 saturated carbocycles. The van der Waals surface area contributed by atoms with Gasteiger partial charge in [0.05, 0.1) is 5.75 Å². The second-order valence-corrected chi connectivity index (χ2v) is 5.74. The van der Waals surface area contributed by atoms with Crippen molar-refractivity contribution in [3.8, 4) is 0 Å². The summed E-state index contributed by atoms with van der Waals surface area (Å²) in [5.41, 5.74) is -1.33. The molecule has 0 heterocycles. The Balaban J connectivity index is 3.18. The minimum Gasteiger partial charge on any atom is -0.480 e. The van der Waals surface area contributed by atoms with E-state index in [0.717, 1.165) is 0 Å². The Kier molecular flexibility index (Phi) is 4.26. The molecule has 2 N–H and O–H groups in total. The van der Waals surface area contributed by atoms with Crippen molar-refractivity contribution >= 4 is 16.0 Å². The van der Waals surface area contributed by atoms with Crippen molar-refractivity contribution in [1.29, 1.82) is 0 Å². The van der Waals surface area contributed by atoms with Crippen LogP contribution in [0.25, 0.3) is 0 Å². The summed E-state index contributed by atoms with van der Waals surface area (Å²) in [7, 11) is -3.73. The number of hydrogen-bond donors (Lipinski definition) is 2. The SMILES string of the molecule is C=CCS(=O)(=O)NC(C)(C(=O)O)c1ccccc1. The minimum absolute atomic E-state index is 0.331. The van der Waals surface area contributed by atoms with Crippen LogP contribution in [0.3, 0.4) is 0 Å². The number of rotatable bonds is 6. The van der Waals surface area contributed by atoms with Gasteiger partial charge in [0.1, 0.15) is 0 Å². The molecule has 5 nitrogen and oxygen atoms in total. The van der Waals surface area contributed by atoms with E-state index in [4.69, 9.17) is 0 Å². The Morgan fingerprint density at radius 1 is 1.44 bits per heavy atom. The smallest absolute Gasteiger partial charge is 0.329 e. The molecule has 0 aliphatic heterocycles. The quantitative estimate of drug-likeness (QED) is 0.757. The van der Waals surface area contributed by atoms with Crippen LogP contribution >= 0.6 is 0 Å². The van der Waals surface area contributed by atoms with Gasteiger partial charge in [-0.25, -0.2) is 13.2 Å². The van der Waals surface area contributed by atoms with Gasteiger partial charge in [-0.2, -0.15) is 4.72 Å². The van der Waals surface area contributed by atoms with Crippen molar-refractivity contribution in [2.75, 3.05) is 5.75 Å². The minimum atomic E-state index is -3.73. The lowest BCUT2D eigenvalue weighted by molar-refractivity contribution is -0.143. The van der Waals surface area contributed by atoms with E-state index in [1.807, 2.05) is 0 Å². The first kappa shape index (κ1) is 14.4. The molecule has 0 aliphatic rings. The van der Waals surface area contributed by atoms with Gasteiger partial charge in [0.25, 0.3) is 0 Å². The number of carboxylic acid groups (broad SMARTS) is 1. The number of carbonyl (C=O) groups is 1. The van der Waals surface area contributed by atoms with Crippen molar-refractivity contribution in [1.82, 2.24) is 4.72 Å². The molecular formula is C12H15NO4S. The van der Waals surface area contributed by atoms with Crippen LogP contribution in [0.4, 0.5) is 0 Å². The number of benzene rings is 1. The Hall–Kier alpha value is -1.66. The van der Waals surface area contributed by atoms with Crippen LogP contribution in [0.1, 0.15) is 12.5 Å². The van der Waals surface area contributed by atoms with Crippen LogP contribution < -0.4 is 4.72 Å². The summed E-state index contributed by atoms with van der Waals surface area (Å²) in [5, 5.41) is 9.26. The lowest BCUT2D eigenvalue weighted by Crippen LogP contribution is -2.49. The summed E-state index contributed by atoms with van der Waals surface area (Å²) < 4.78 is 25.5. The molecule has 0 fully saturated rings. The van der Waals surface area contributed by atoms with Crippen LogP contribution in [0.2, 0.25) is 0 Å². The summed E-state index contributed by atoms with van der Waals surface area (Å²) >= 11 is 0. The molecular weight excluding hydrogens is 254 g/mol. The van der Waals surface area contributed by atoms with Crippen LogP contribution in [0, 0.1) is 0 Å². The maximum absolute atomic E-state index is 11.7. The second kappa shape index (κ2) is 5.32. The zero-order chi connectivity index (χ0) is 13.8. The van der Waals surface area contributed by atoms with E-state index in [1.54, 1.807) is 30.3 Å². The topological polar surface area (TPSA) is 83.5 Å². The number of aliphatic carboxylic acids is 1. The predicted octanol–water partition coefficient (Wildman–Crippen LogP) is 1.09. The predicted molar refractivity (Wildman–Crippen MR) is 68.5 cm³/mol. The average molecular weight is 269 g/mol. The first-order chi connectivity index (χ1) is 8.32. The molecule has 1 rings (SSSR count). The zero-order valence-electron chi connectivity index (χ0n) is 9.96. The van der Waals surface area contributed by atoms with E-state index in [-0.39, 0.29) is 5.75 Å². The van der Waals surface area contributed by atoms with Crippen molar-refractivity contribution < 1.29 is 18.3 Å². The zero-order valence-corrected chi connectivity index (χ0v) is 10.8. The highest BCUT2D eigenvalue weighted by atomic mass is 32.2. The van der Waals surface area contributed by atoms with Crippen LogP contribution in [-0.2, 0) is 20.4 Å². The van der Waals surface area contributed by atoms with E-state index in [1.165, 1.54) is 13.0 Å². The first-order valence-corrected chi connectivity index (χ1v) is 6.88. The summed E-state index contributed by atoms with van der Waals surface area (Å²) in [4.78, 5) is 11.4. The van der Waals surface area contributed by atoms with Gasteiger partial charge in [-0.1, -0.05) is 36.4 Å². The molecule has 0 bridgehead atoms. The van der Waals surface area contributed by atoms with E-state index < -0.39 is 21.5 Å². The highest BCUT2D eigenvalue weighted by molar-refractivity contribution is 7.89. The van der Waals surface area contributed by atoms with Crippen molar-refractivity contribution in [3.05, 3.63) is 48.6 Å². The molecule has 0 aliphatic carbocycles. The van der Waals surface area contributed by atoms with E-state index in [2.05, 4.69) is 11.3 Å². The Bertz CT molecular complexity index is 538. The number of carboxylic acids is 1. The van der Waals surface area contributed by atoms with E-state index in [0.29, 0.717) is 5.56 Å². The molecule has 1 atom stereocenters. The fourth-order valence-electron chi connectivity index (χ4n) is 1.51. The number of nitrogens with one attached hydrogen (secondary N) is 1. The molecule has 1 aromatic rings. The first-order valence-electron chi connectivity index (χ1n) is 5.23. The molecule has 1 aromatic carbocycles. The van der Waals surface area contributed by atoms with Crippen molar-refractivity contribution in [2.45, 2.75) is 12.5 Å². The second-order valence-electron chi connectivity index (χ2n) is 3.97. The van der Waals surface area contributed by atoms with E-state index in [9.17, 15) is 18.3 Å². The highest BCUT2D eigenvalue weighted by Crippen LogP contribution is 2.22. The Morgan fingerprint density at radius 2 is 2.00 bits per heavy atom. The standard InChI is InChI=1S/C12H15NO4S/c1-3-9-18(16,17)13-12(2,11(14)15)10-7-5-4-6-8-10/h3-8,13H,1,9H2,2H3,(H,14,15). The largest absolute Gasteiger partial charge is 0.480 e. The maximum Gasteiger partial charge on any atom is 0.329 e. The Labute approximate surface area is 106 Å². The summed E-state index contributed by atoms with van der Waals surface area (Å²) in [5.74, 6) is -1.59. The van der Waals surface area contributed by atoms with Crippen LogP contribution in [-0.4, -0.2) is 25.2 Å². The fourth-order valence-corrected chi connectivity index (χ4v) is 2.73. The third-order valence-electron chi connectivity index (χ3n) is 2.48.